The summed E-state index contributed by atoms with van der Waals surface area (Å²) >= 11 is 0. The maximum absolute atomic E-state index is 14.6. The molecular formula is C25H18F5O4S2+. The van der Waals surface area contributed by atoms with Crippen LogP contribution in [0.5, 0.6) is 5.75 Å². The second-order valence-electron chi connectivity index (χ2n) is 7.33. The molecule has 0 bridgehead atoms. The molecule has 4 aromatic carbocycles. The van der Waals surface area contributed by atoms with E-state index in [4.69, 9.17) is 4.74 Å². The molecule has 0 aliphatic carbocycles. The summed E-state index contributed by atoms with van der Waals surface area (Å²) in [6, 6.07) is 22.3. The van der Waals surface area contributed by atoms with E-state index in [1.807, 2.05) is 0 Å². The second kappa shape index (κ2) is 9.92. The van der Waals surface area contributed by atoms with Crippen LogP contribution >= 0.6 is 10.3 Å². The van der Waals surface area contributed by atoms with Gasteiger partial charge >= 0.3 is 10.1 Å². The van der Waals surface area contributed by atoms with Crippen molar-refractivity contribution in [3.63, 3.8) is 0 Å². The van der Waals surface area contributed by atoms with E-state index >= 15 is 0 Å². The lowest BCUT2D eigenvalue weighted by atomic mass is 10.3. The lowest BCUT2D eigenvalue weighted by Gasteiger charge is -2.35. The van der Waals surface area contributed by atoms with Crippen molar-refractivity contribution in [2.24, 2.45) is 0 Å². The minimum Gasteiger partial charge on any atom is -0.497 e. The Bertz CT molecular complexity index is 1450. The van der Waals surface area contributed by atoms with Crippen LogP contribution in [0.1, 0.15) is 0 Å². The minimum absolute atomic E-state index is 0.284. The van der Waals surface area contributed by atoms with Gasteiger partial charge in [-0.15, -0.1) is 8.42 Å². The minimum atomic E-state index is -5.48. The van der Waals surface area contributed by atoms with Crippen LogP contribution in [0.15, 0.2) is 105 Å². The Morgan fingerprint density at radius 2 is 1.06 bits per heavy atom. The molecular weight excluding hydrogens is 523 g/mol. The van der Waals surface area contributed by atoms with Crippen molar-refractivity contribution in [2.45, 2.75) is 19.6 Å². The molecule has 1 N–H and O–H groups in total. The number of hydrogen-bond acceptors (Lipinski definition) is 3. The summed E-state index contributed by atoms with van der Waals surface area (Å²) in [7, 11) is -7.34. The van der Waals surface area contributed by atoms with Gasteiger partial charge in [0.2, 0.25) is 10.7 Å². The fourth-order valence-electron chi connectivity index (χ4n) is 3.55. The van der Waals surface area contributed by atoms with Gasteiger partial charge in [0.1, 0.15) is 5.75 Å². The van der Waals surface area contributed by atoms with Crippen molar-refractivity contribution in [1.29, 1.82) is 0 Å². The van der Waals surface area contributed by atoms with Crippen LogP contribution in [0, 0.1) is 29.1 Å². The standard InChI is InChI=1S/C25H17F5O4S2/c1-33-16-9-8-14-19(15-16)35(17-10-4-2-5-11-17,18-12-6-3-7-13-18)34-36(31,32)25-23(29)21(27)20(26)22(28)24(25)30/h2-15H,1H3/p+1. The maximum atomic E-state index is 14.6. The van der Waals surface area contributed by atoms with Crippen molar-refractivity contribution in [2.75, 3.05) is 7.11 Å². The highest BCUT2D eigenvalue weighted by Gasteiger charge is 2.47. The first kappa shape index (κ1) is 25.7. The maximum Gasteiger partial charge on any atom is 0.428 e. The first-order valence-corrected chi connectivity index (χ1v) is 13.2. The molecule has 0 fully saturated rings. The predicted molar refractivity (Wildman–Crippen MR) is 124 cm³/mol. The quantitative estimate of drug-likeness (QED) is 0.0827. The summed E-state index contributed by atoms with van der Waals surface area (Å²) in [5.41, 5.74) is 0. The predicted octanol–water partition coefficient (Wildman–Crippen LogP) is 7.07. The van der Waals surface area contributed by atoms with Gasteiger partial charge in [-0.1, -0.05) is 42.5 Å². The number of benzene rings is 4. The Balaban J connectivity index is 2.08. The van der Waals surface area contributed by atoms with Crippen LogP contribution in [0.25, 0.3) is 0 Å². The fourth-order valence-corrected chi connectivity index (χ4v) is 9.17. The Morgan fingerprint density at radius 1 is 0.611 bits per heavy atom. The third-order valence-electron chi connectivity index (χ3n) is 5.19. The number of methoxy groups -OCH3 is 1. The molecule has 0 spiro atoms. The molecule has 0 aromatic heterocycles. The zero-order valence-corrected chi connectivity index (χ0v) is 20.1. The molecule has 4 nitrogen and oxygen atoms in total. The van der Waals surface area contributed by atoms with Crippen LogP contribution in [0.2, 0.25) is 0 Å². The molecule has 0 aliphatic rings. The highest BCUT2D eigenvalue weighted by Crippen LogP contribution is 2.69. The van der Waals surface area contributed by atoms with Gasteiger partial charge < -0.3 is 4.74 Å². The lowest BCUT2D eigenvalue weighted by Crippen LogP contribution is -2.22. The number of halogens is 5. The van der Waals surface area contributed by atoms with Gasteiger partial charge in [0, 0.05) is 0 Å². The topological polar surface area (TPSA) is 56.2 Å². The molecule has 0 atom stereocenters. The Morgan fingerprint density at radius 3 is 1.53 bits per heavy atom. The largest absolute Gasteiger partial charge is 0.497 e. The first-order valence-electron chi connectivity index (χ1n) is 10.2. The average Bonchev–Trinajstić information content (AvgIpc) is 2.90. The molecule has 0 heterocycles. The van der Waals surface area contributed by atoms with Crippen LogP contribution in [-0.4, -0.2) is 19.2 Å². The summed E-state index contributed by atoms with van der Waals surface area (Å²) in [5, 5.41) is 0. The highest BCUT2D eigenvalue weighted by atomic mass is 32.3. The Hall–Kier alpha value is -3.41. The summed E-state index contributed by atoms with van der Waals surface area (Å²) in [5.74, 6) is -11.9. The summed E-state index contributed by atoms with van der Waals surface area (Å²) in [6.45, 7) is 0. The van der Waals surface area contributed by atoms with E-state index in [2.05, 4.69) is 3.63 Å². The lowest BCUT2D eigenvalue weighted by molar-refractivity contribution is 0.338. The van der Waals surface area contributed by atoms with Crippen LogP contribution < -0.4 is 4.74 Å². The number of rotatable bonds is 7. The van der Waals surface area contributed by atoms with E-state index in [1.165, 1.54) is 13.2 Å². The van der Waals surface area contributed by atoms with E-state index in [0.29, 0.717) is 15.5 Å². The smallest absolute Gasteiger partial charge is 0.428 e. The number of ether oxygens (including phenoxy) is 1. The molecule has 0 saturated heterocycles. The highest BCUT2D eigenvalue weighted by molar-refractivity contribution is 8.32. The summed E-state index contributed by atoms with van der Waals surface area (Å²) in [6.07, 6.45) is 0. The average molecular weight is 542 g/mol. The van der Waals surface area contributed by atoms with Gasteiger partial charge in [-0.05, 0) is 42.5 Å². The zero-order chi connectivity index (χ0) is 26.1. The van der Waals surface area contributed by atoms with Crippen molar-refractivity contribution in [3.8, 4) is 5.75 Å². The normalized spacial score (nSPS) is 12.4. The zero-order valence-electron chi connectivity index (χ0n) is 18.5. The third kappa shape index (κ3) is 4.34. The summed E-state index contributed by atoms with van der Waals surface area (Å²) < 4.78 is 107. The molecule has 0 saturated carbocycles. The molecule has 11 heteroatoms. The molecule has 0 aliphatic heterocycles. The van der Waals surface area contributed by atoms with Gasteiger partial charge in [-0.3, -0.25) is 3.63 Å². The Kier molecular flexibility index (Phi) is 7.07. The Labute approximate surface area is 205 Å². The molecule has 36 heavy (non-hydrogen) atoms. The van der Waals surface area contributed by atoms with Crippen molar-refractivity contribution in [3.05, 3.63) is 114 Å². The van der Waals surface area contributed by atoms with Crippen LogP contribution in [0.4, 0.5) is 22.0 Å². The molecule has 0 amide bonds. The van der Waals surface area contributed by atoms with Gasteiger partial charge in [0.05, 0.1) is 32.1 Å². The second-order valence-corrected chi connectivity index (χ2v) is 11.9. The van der Waals surface area contributed by atoms with Gasteiger partial charge in [0.15, 0.2) is 23.3 Å². The van der Waals surface area contributed by atoms with Crippen molar-refractivity contribution >= 4 is 20.4 Å². The van der Waals surface area contributed by atoms with Crippen molar-refractivity contribution < 1.29 is 38.7 Å². The van der Waals surface area contributed by atoms with Crippen molar-refractivity contribution in [1.82, 2.24) is 0 Å². The van der Waals surface area contributed by atoms with Gasteiger partial charge in [-0.2, -0.15) is 0 Å². The van der Waals surface area contributed by atoms with E-state index < -0.39 is 54.4 Å². The van der Waals surface area contributed by atoms with Crippen LogP contribution in [-0.2, 0) is 10.1 Å². The number of hydrogen-bond donors (Lipinski definition) is 0. The molecule has 4 aromatic rings. The molecule has 188 valence electrons. The summed E-state index contributed by atoms with van der Waals surface area (Å²) in [4.78, 5) is -1.08. The first-order chi connectivity index (χ1) is 17.1. The van der Waals surface area contributed by atoms with E-state index in [-0.39, 0.29) is 4.90 Å². The van der Waals surface area contributed by atoms with E-state index in [1.54, 1.807) is 78.9 Å². The molecule has 4 rings (SSSR count). The third-order valence-corrected chi connectivity index (χ3v) is 10.6. The van der Waals surface area contributed by atoms with Crippen LogP contribution in [0.3, 0.4) is 0 Å². The van der Waals surface area contributed by atoms with E-state index in [9.17, 15) is 30.4 Å². The molecule has 0 unspecified atom stereocenters. The monoisotopic (exact) mass is 541 g/mol. The van der Waals surface area contributed by atoms with E-state index in [0.717, 1.165) is 0 Å². The van der Waals surface area contributed by atoms with Gasteiger partial charge in [-0.25, -0.2) is 22.0 Å². The SMILES string of the molecule is COc1cccc(S([OH+]S(=O)(=O)c2c(F)c(F)c(F)c(F)c2F)(c2ccccc2)c2ccccc2)c1. The molecule has 0 radical (unpaired) electrons. The fraction of sp³-hybridized carbons (Fsp3) is 0.0400. The van der Waals surface area contributed by atoms with Gasteiger partial charge in [0.25, 0.3) is 0 Å².